The summed E-state index contributed by atoms with van der Waals surface area (Å²) >= 11 is 0. The average Bonchev–Trinajstić information content (AvgIpc) is 1.65. The fourth-order valence-corrected chi connectivity index (χ4v) is 16.8. The molecule has 4 N–H and O–H groups in total. The molecule has 2 aromatic carbocycles. The zero-order valence-electron chi connectivity index (χ0n) is 62.3. The van der Waals surface area contributed by atoms with Gasteiger partial charge in [-0.05, 0) is 162 Å². The van der Waals surface area contributed by atoms with Gasteiger partial charge >= 0.3 is 0 Å². The van der Waals surface area contributed by atoms with Crippen molar-refractivity contribution in [3.8, 4) is 0 Å². The van der Waals surface area contributed by atoms with E-state index in [9.17, 15) is 10.2 Å². The highest BCUT2D eigenvalue weighted by atomic mass is 16.3. The minimum absolute atomic E-state index is 0.547. The summed E-state index contributed by atoms with van der Waals surface area (Å²) in [5, 5.41) is 32.7. The summed E-state index contributed by atoms with van der Waals surface area (Å²) in [4.78, 5) is 37.9. The molecule has 8 aromatic heterocycles. The van der Waals surface area contributed by atoms with Gasteiger partial charge in [-0.3, -0.25) is 19.8 Å². The van der Waals surface area contributed by atoms with Gasteiger partial charge in [0.05, 0.1) is 37.2 Å². The molecule has 6 atom stereocenters. The third-order valence-corrected chi connectivity index (χ3v) is 22.1. The van der Waals surface area contributed by atoms with Crippen molar-refractivity contribution in [2.45, 2.75) is 184 Å². The van der Waals surface area contributed by atoms with Gasteiger partial charge in [0.15, 0.2) is 5.65 Å². The van der Waals surface area contributed by atoms with Crippen LogP contribution in [0.5, 0.6) is 0 Å². The minimum atomic E-state index is -0.547. The van der Waals surface area contributed by atoms with E-state index in [2.05, 4.69) is 187 Å². The number of fused-ring (bicyclic) bond motifs is 12. The summed E-state index contributed by atoms with van der Waals surface area (Å²) in [6.45, 7) is 39.8. The Balaban J connectivity index is 0.000000119. The van der Waals surface area contributed by atoms with E-state index in [4.69, 9.17) is 15.0 Å². The first kappa shape index (κ1) is 71.1. The van der Waals surface area contributed by atoms with E-state index in [1.54, 1.807) is 12.4 Å². The third kappa shape index (κ3) is 15.6. The maximum Gasteiger partial charge on any atom is 0.159 e. The number of nitrogens with zero attached hydrogens (tertiary/aromatic N) is 15. The molecule has 6 aliphatic rings. The highest BCUT2D eigenvalue weighted by molar-refractivity contribution is 5.88. The van der Waals surface area contributed by atoms with E-state index in [0.29, 0.717) is 37.3 Å². The van der Waals surface area contributed by atoms with Gasteiger partial charge in [-0.15, -0.1) is 0 Å². The Labute approximate surface area is 593 Å². The number of aromatic nitrogens is 9. The Morgan fingerprint density at radius 3 is 1.39 bits per heavy atom. The van der Waals surface area contributed by atoms with Crippen LogP contribution in [-0.4, -0.2) is 201 Å². The number of piperazine rings is 2. The summed E-state index contributed by atoms with van der Waals surface area (Å²) in [5.74, 6) is 0. The van der Waals surface area contributed by atoms with Crippen molar-refractivity contribution >= 4 is 44.0 Å². The van der Waals surface area contributed by atoms with Crippen molar-refractivity contribution in [3.63, 3.8) is 0 Å². The van der Waals surface area contributed by atoms with E-state index < -0.39 is 12.2 Å². The van der Waals surface area contributed by atoms with E-state index in [0.717, 1.165) is 170 Å². The Hall–Kier alpha value is -7.27. The lowest BCUT2D eigenvalue weighted by Crippen LogP contribution is -2.55. The van der Waals surface area contributed by atoms with Gasteiger partial charge in [-0.25, -0.2) is 15.0 Å². The number of aryl methyl sites for hydroxylation is 6. The number of likely N-dealkylation sites (N-methyl/N-ethyl adjacent to an activating group) is 4. The van der Waals surface area contributed by atoms with Gasteiger partial charge in [0.1, 0.15) is 11.2 Å². The minimum Gasteiger partial charge on any atom is -0.386 e. The first-order valence-electron chi connectivity index (χ1n) is 37.0. The van der Waals surface area contributed by atoms with Crippen LogP contribution < -0.4 is 10.6 Å². The molecule has 10 aromatic rings. The van der Waals surface area contributed by atoms with Crippen LogP contribution >= 0.6 is 0 Å². The van der Waals surface area contributed by atoms with Crippen LogP contribution in [0.15, 0.2) is 91.5 Å². The van der Waals surface area contributed by atoms with E-state index in [-0.39, 0.29) is 0 Å². The highest BCUT2D eigenvalue weighted by Crippen LogP contribution is 2.36. The van der Waals surface area contributed by atoms with Gasteiger partial charge in [0, 0.05) is 251 Å². The smallest absolute Gasteiger partial charge is 0.159 e. The standard InChI is InChI=1S/2C21H25N3O.C20H31N5.C19H30N6/c2*1-14-4-7-19-17(10-14)18-12-23(3)9-8-20(18)24(19)13-21(25)16-6-5-15(2)22-11-16;1-14-9-17-18-13-23(4)6-5-19(18)25(20(17)21-10-14)8-7-24-11-15(2)22-16(3)12-24;1-13-9-21-19-18(22-13)16-12-23(4)6-5-17(16)25(19)8-7-24-14(2)10-20-11-15(24)3/h2*4-7,10-11,21,25H,8-9,12-13H2,1-3H3;9-10,15-16,22H,5-8,11-13H2,1-4H3;9,14-15,20H,5-8,10-12H2,1-4H3/t21-;;15-,16+;14-,15-/m0..0/s1. The van der Waals surface area contributed by atoms with Crippen LogP contribution in [0, 0.1) is 41.5 Å². The Morgan fingerprint density at radius 2 is 0.890 bits per heavy atom. The zero-order valence-corrected chi connectivity index (χ0v) is 62.3. The van der Waals surface area contributed by atoms with Crippen molar-refractivity contribution in [3.05, 3.63) is 181 Å². The molecule has 0 spiro atoms. The van der Waals surface area contributed by atoms with Crippen LogP contribution in [0.25, 0.3) is 44.0 Å². The van der Waals surface area contributed by atoms with E-state index in [1.807, 2.05) is 57.4 Å². The molecule has 6 aliphatic heterocycles. The molecule has 0 bridgehead atoms. The SMILES string of the molecule is Cc1ccc2c(c1)c1c(n2CC(O)c2ccc(C)nc2)CCN(C)C1.Cc1ccc2c(c1)c1c(n2C[C@H](O)c2ccc(C)nc2)CCN(C)C1.Cc1cnc2c(c1)c1c(n2CCN2C[C@@H](C)N[C@@H](C)C2)CCN(C)C1.Cc1cnc2c(n1)c1c(n2CCN2[C@@H](C)CNC[C@@H]2C)CCN(C)C1. The summed E-state index contributed by atoms with van der Waals surface area (Å²) in [6, 6.07) is 25.8. The van der Waals surface area contributed by atoms with Crippen LogP contribution in [0.1, 0.15) is 130 Å². The zero-order chi connectivity index (χ0) is 70.2. The number of hydrogen-bond donors (Lipinski definition) is 4. The molecule has 16 rings (SSSR count). The summed E-state index contributed by atoms with van der Waals surface area (Å²) < 4.78 is 9.60. The second-order valence-electron chi connectivity index (χ2n) is 30.6. The lowest BCUT2D eigenvalue weighted by Gasteiger charge is -2.39. The maximum absolute atomic E-state index is 10.8. The number of pyridine rings is 3. The molecule has 0 aliphatic carbocycles. The predicted octanol–water partition coefficient (Wildman–Crippen LogP) is 10.2. The van der Waals surface area contributed by atoms with Crippen LogP contribution in [0.3, 0.4) is 0 Å². The molecule has 2 saturated heterocycles. The Bertz CT molecular complexity index is 4310. The van der Waals surface area contributed by atoms with E-state index in [1.165, 1.54) is 94.6 Å². The number of benzene rings is 2. The Kier molecular flexibility index (Phi) is 21.9. The third-order valence-electron chi connectivity index (χ3n) is 22.1. The molecule has 14 heterocycles. The molecule has 19 heteroatoms. The molecule has 2 fully saturated rings. The number of aliphatic hydroxyl groups excluding tert-OH is 2. The summed E-state index contributed by atoms with van der Waals surface area (Å²) in [7, 11) is 8.77. The molecular weight excluding hydrogens is 1240 g/mol. The number of nitrogens with one attached hydrogen (secondary N) is 2. The fourth-order valence-electron chi connectivity index (χ4n) is 16.8. The normalized spacial score (nSPS) is 20.8. The Morgan fingerprint density at radius 1 is 0.450 bits per heavy atom. The molecule has 532 valence electrons. The fraction of sp³-hybridized carbons (Fsp3) is 0.519. The highest BCUT2D eigenvalue weighted by Gasteiger charge is 2.31. The maximum atomic E-state index is 10.8. The van der Waals surface area contributed by atoms with Gasteiger partial charge in [-0.2, -0.15) is 0 Å². The number of hydrogen-bond acceptors (Lipinski definition) is 15. The molecule has 100 heavy (non-hydrogen) atoms. The number of rotatable bonds is 12. The lowest BCUT2D eigenvalue weighted by molar-refractivity contribution is 0.112. The summed E-state index contributed by atoms with van der Waals surface area (Å²) in [5.41, 5.74) is 25.8. The molecule has 0 saturated carbocycles. The molecular formula is C81H111N17O2. The van der Waals surface area contributed by atoms with Crippen LogP contribution in [0.2, 0.25) is 0 Å². The number of aliphatic hydroxyl groups is 2. The summed E-state index contributed by atoms with van der Waals surface area (Å²) in [6.07, 6.45) is 10.7. The molecule has 0 amide bonds. The van der Waals surface area contributed by atoms with Gasteiger partial charge in [0.25, 0.3) is 0 Å². The first-order valence-corrected chi connectivity index (χ1v) is 37.0. The lowest BCUT2D eigenvalue weighted by atomic mass is 10.0. The second-order valence-corrected chi connectivity index (χ2v) is 30.6. The molecule has 19 nitrogen and oxygen atoms in total. The monoisotopic (exact) mass is 1350 g/mol. The van der Waals surface area contributed by atoms with Crippen LogP contribution in [-0.2, 0) is 78.0 Å². The first-order chi connectivity index (χ1) is 48.1. The molecule has 1 unspecified atom stereocenters. The van der Waals surface area contributed by atoms with Crippen molar-refractivity contribution in [1.29, 1.82) is 0 Å². The van der Waals surface area contributed by atoms with Crippen molar-refractivity contribution < 1.29 is 10.2 Å². The van der Waals surface area contributed by atoms with Gasteiger partial charge in [0.2, 0.25) is 0 Å². The van der Waals surface area contributed by atoms with Crippen molar-refractivity contribution in [2.24, 2.45) is 0 Å². The van der Waals surface area contributed by atoms with Gasteiger partial charge < -0.3 is 58.7 Å². The van der Waals surface area contributed by atoms with E-state index >= 15 is 0 Å². The molecule has 0 radical (unpaired) electrons. The largest absolute Gasteiger partial charge is 0.386 e. The van der Waals surface area contributed by atoms with Crippen molar-refractivity contribution in [2.75, 3.05) is 93.6 Å². The predicted molar refractivity (Wildman–Crippen MR) is 405 cm³/mol. The second kappa shape index (κ2) is 30.7. The quantitative estimate of drug-likeness (QED) is 0.0912. The van der Waals surface area contributed by atoms with Crippen molar-refractivity contribution in [1.82, 2.24) is 83.2 Å². The topological polar surface area (TPSA) is 168 Å². The average molecular weight is 1350 g/mol. The van der Waals surface area contributed by atoms with Crippen LogP contribution in [0.4, 0.5) is 0 Å². The van der Waals surface area contributed by atoms with Gasteiger partial charge in [-0.1, -0.05) is 35.4 Å².